The van der Waals surface area contributed by atoms with Crippen LogP contribution in [0.1, 0.15) is 43.1 Å². The fourth-order valence-corrected chi connectivity index (χ4v) is 3.28. The molecule has 1 aliphatic rings. The van der Waals surface area contributed by atoms with Gasteiger partial charge < -0.3 is 10.6 Å². The summed E-state index contributed by atoms with van der Waals surface area (Å²) < 4.78 is 1.73. The summed E-state index contributed by atoms with van der Waals surface area (Å²) in [5.74, 6) is 0.707. The summed E-state index contributed by atoms with van der Waals surface area (Å²) in [4.78, 5) is 20.8. The predicted molar refractivity (Wildman–Crippen MR) is 87.2 cm³/mol. The van der Waals surface area contributed by atoms with E-state index in [4.69, 9.17) is 0 Å². The third-order valence-electron chi connectivity index (χ3n) is 4.70. The molecule has 1 saturated heterocycles. The van der Waals surface area contributed by atoms with Crippen LogP contribution < -0.4 is 10.6 Å². The molecule has 2 aromatic rings. The lowest BCUT2D eigenvalue weighted by Gasteiger charge is -2.30. The number of piperidine rings is 1. The summed E-state index contributed by atoms with van der Waals surface area (Å²) in [5.41, 5.74) is 3.00. The lowest BCUT2D eigenvalue weighted by molar-refractivity contribution is -0.122. The third kappa shape index (κ3) is 3.34. The fourth-order valence-electron chi connectivity index (χ4n) is 3.28. The minimum Gasteiger partial charge on any atom is -0.352 e. The minimum atomic E-state index is 0.100. The Balaban J connectivity index is 1.64. The van der Waals surface area contributed by atoms with Crippen molar-refractivity contribution in [2.75, 3.05) is 6.54 Å². The molecule has 0 spiro atoms. The number of rotatable bonds is 4. The van der Waals surface area contributed by atoms with Crippen molar-refractivity contribution >= 4 is 11.7 Å². The minimum absolute atomic E-state index is 0.100. The Morgan fingerprint density at radius 2 is 2.30 bits per heavy atom. The molecule has 2 unspecified atom stereocenters. The highest BCUT2D eigenvalue weighted by Gasteiger charge is 2.22. The van der Waals surface area contributed by atoms with Gasteiger partial charge in [0.15, 0.2) is 0 Å². The van der Waals surface area contributed by atoms with Gasteiger partial charge in [-0.25, -0.2) is 9.50 Å². The Hall–Kier alpha value is -2.02. The van der Waals surface area contributed by atoms with Crippen molar-refractivity contribution in [1.29, 1.82) is 0 Å². The molecule has 0 aromatic carbocycles. The van der Waals surface area contributed by atoms with E-state index in [2.05, 4.69) is 32.6 Å². The monoisotopic (exact) mass is 316 g/mol. The van der Waals surface area contributed by atoms with Crippen molar-refractivity contribution in [1.82, 2.24) is 30.2 Å². The number of carbonyl (C=O) groups excluding carboxylic acids is 1. The van der Waals surface area contributed by atoms with E-state index >= 15 is 0 Å². The van der Waals surface area contributed by atoms with Crippen molar-refractivity contribution in [2.24, 2.45) is 0 Å². The molecule has 2 N–H and O–H groups in total. The van der Waals surface area contributed by atoms with Crippen LogP contribution in [0.2, 0.25) is 0 Å². The maximum Gasteiger partial charge on any atom is 0.252 e. The van der Waals surface area contributed by atoms with Crippen molar-refractivity contribution < 1.29 is 4.79 Å². The van der Waals surface area contributed by atoms with E-state index in [1.54, 1.807) is 4.52 Å². The lowest BCUT2D eigenvalue weighted by Crippen LogP contribution is -2.51. The average molecular weight is 316 g/mol. The van der Waals surface area contributed by atoms with E-state index < -0.39 is 0 Å². The summed E-state index contributed by atoms with van der Waals surface area (Å²) in [6.45, 7) is 7.12. The molecule has 0 radical (unpaired) electrons. The van der Waals surface area contributed by atoms with E-state index in [0.717, 1.165) is 36.3 Å². The molecule has 1 fully saturated rings. The lowest BCUT2D eigenvalue weighted by atomic mass is 9.99. The quantitative estimate of drug-likeness (QED) is 0.876. The molecule has 2 aromatic heterocycles. The van der Waals surface area contributed by atoms with Gasteiger partial charge in [0.2, 0.25) is 5.91 Å². The largest absolute Gasteiger partial charge is 0.352 e. The number of fused-ring (bicyclic) bond motifs is 1. The number of amides is 1. The Morgan fingerprint density at radius 3 is 3.09 bits per heavy atom. The first-order valence-corrected chi connectivity index (χ1v) is 8.25. The standard InChI is InChI=1S/C16H24N6O/c1-10-13(12(3)22-16(20-10)18-9-19-22)6-7-15(23)21-14-5-4-8-17-11(14)2/h9,11,14,17H,4-8H2,1-3H3,(H,21,23). The highest BCUT2D eigenvalue weighted by molar-refractivity contribution is 5.76. The molecule has 2 atom stereocenters. The molecule has 1 aliphatic heterocycles. The van der Waals surface area contributed by atoms with Gasteiger partial charge in [-0.2, -0.15) is 10.1 Å². The van der Waals surface area contributed by atoms with Gasteiger partial charge in [-0.3, -0.25) is 4.79 Å². The Labute approximate surface area is 135 Å². The zero-order chi connectivity index (χ0) is 16.4. The number of carbonyl (C=O) groups is 1. The Bertz CT molecular complexity index is 710. The van der Waals surface area contributed by atoms with Gasteiger partial charge >= 0.3 is 0 Å². The molecule has 0 aliphatic carbocycles. The summed E-state index contributed by atoms with van der Waals surface area (Å²) in [6, 6.07) is 0.568. The molecule has 7 heteroatoms. The maximum atomic E-state index is 12.3. The van der Waals surface area contributed by atoms with E-state index in [1.165, 1.54) is 6.33 Å². The van der Waals surface area contributed by atoms with Crippen LogP contribution in [0.15, 0.2) is 6.33 Å². The number of nitrogens with zero attached hydrogens (tertiary/aromatic N) is 4. The second kappa shape index (κ2) is 6.62. The molecule has 0 saturated carbocycles. The van der Waals surface area contributed by atoms with E-state index in [0.29, 0.717) is 24.7 Å². The number of nitrogens with one attached hydrogen (secondary N) is 2. The highest BCUT2D eigenvalue weighted by Crippen LogP contribution is 2.15. The predicted octanol–water partition coefficient (Wildman–Crippen LogP) is 0.930. The van der Waals surface area contributed by atoms with Gasteiger partial charge in [-0.05, 0) is 52.1 Å². The summed E-state index contributed by atoms with van der Waals surface area (Å²) in [6.07, 6.45) is 4.79. The SMILES string of the molecule is Cc1nc2ncnn2c(C)c1CCC(=O)NC1CCCNC1C. The molecular weight excluding hydrogens is 292 g/mol. The van der Waals surface area contributed by atoms with Gasteiger partial charge in [0.25, 0.3) is 5.78 Å². The Kier molecular flexibility index (Phi) is 4.56. The molecule has 7 nitrogen and oxygen atoms in total. The van der Waals surface area contributed by atoms with Gasteiger partial charge in [-0.1, -0.05) is 0 Å². The van der Waals surface area contributed by atoms with Gasteiger partial charge in [0.1, 0.15) is 6.33 Å². The molecule has 1 amide bonds. The van der Waals surface area contributed by atoms with Crippen molar-refractivity contribution in [3.63, 3.8) is 0 Å². The smallest absolute Gasteiger partial charge is 0.252 e. The van der Waals surface area contributed by atoms with Crippen LogP contribution in [-0.2, 0) is 11.2 Å². The molecule has 124 valence electrons. The van der Waals surface area contributed by atoms with Crippen LogP contribution in [0.3, 0.4) is 0 Å². The van der Waals surface area contributed by atoms with Crippen LogP contribution in [0.25, 0.3) is 5.78 Å². The van der Waals surface area contributed by atoms with Crippen molar-refractivity contribution in [2.45, 2.75) is 58.5 Å². The average Bonchev–Trinajstić information content (AvgIpc) is 2.98. The summed E-state index contributed by atoms with van der Waals surface area (Å²) in [7, 11) is 0. The highest BCUT2D eigenvalue weighted by atomic mass is 16.1. The van der Waals surface area contributed by atoms with Crippen molar-refractivity contribution in [3.05, 3.63) is 23.3 Å². The van der Waals surface area contributed by atoms with Crippen LogP contribution in [-0.4, -0.2) is 44.1 Å². The van der Waals surface area contributed by atoms with E-state index in [9.17, 15) is 4.79 Å². The first kappa shape index (κ1) is 15.9. The van der Waals surface area contributed by atoms with Crippen LogP contribution >= 0.6 is 0 Å². The van der Waals surface area contributed by atoms with Crippen LogP contribution in [0.4, 0.5) is 0 Å². The summed E-state index contributed by atoms with van der Waals surface area (Å²) in [5, 5.41) is 10.7. The summed E-state index contributed by atoms with van der Waals surface area (Å²) >= 11 is 0. The van der Waals surface area contributed by atoms with Gasteiger partial charge in [-0.15, -0.1) is 0 Å². The Morgan fingerprint density at radius 1 is 1.48 bits per heavy atom. The van der Waals surface area contributed by atoms with E-state index in [1.807, 2.05) is 13.8 Å². The second-order valence-electron chi connectivity index (χ2n) is 6.29. The number of aromatic nitrogens is 4. The van der Waals surface area contributed by atoms with Crippen molar-refractivity contribution in [3.8, 4) is 0 Å². The first-order chi connectivity index (χ1) is 11.1. The number of hydrogen-bond acceptors (Lipinski definition) is 5. The third-order valence-corrected chi connectivity index (χ3v) is 4.70. The number of aryl methyl sites for hydroxylation is 2. The second-order valence-corrected chi connectivity index (χ2v) is 6.29. The zero-order valence-corrected chi connectivity index (χ0v) is 14.0. The number of hydrogen-bond donors (Lipinski definition) is 2. The molecule has 0 bridgehead atoms. The van der Waals surface area contributed by atoms with Gasteiger partial charge in [0.05, 0.1) is 0 Å². The normalized spacial score (nSPS) is 21.5. The van der Waals surface area contributed by atoms with Gasteiger partial charge in [0, 0.05) is 29.9 Å². The first-order valence-electron chi connectivity index (χ1n) is 8.25. The van der Waals surface area contributed by atoms with Crippen LogP contribution in [0.5, 0.6) is 0 Å². The topological polar surface area (TPSA) is 84.2 Å². The molecule has 23 heavy (non-hydrogen) atoms. The molecule has 3 heterocycles. The maximum absolute atomic E-state index is 12.3. The fraction of sp³-hybridized carbons (Fsp3) is 0.625. The zero-order valence-electron chi connectivity index (χ0n) is 14.0. The molecule has 3 rings (SSSR count). The molecular formula is C16H24N6O. The van der Waals surface area contributed by atoms with Crippen LogP contribution in [0, 0.1) is 13.8 Å². The van der Waals surface area contributed by atoms with E-state index in [-0.39, 0.29) is 11.9 Å².